The minimum absolute atomic E-state index is 0.0178. The molecule has 7 atom stereocenters. The van der Waals surface area contributed by atoms with Gasteiger partial charge in [0.2, 0.25) is 5.91 Å². The van der Waals surface area contributed by atoms with E-state index in [4.69, 9.17) is 14.2 Å². The van der Waals surface area contributed by atoms with Crippen LogP contribution in [0.1, 0.15) is 284 Å². The van der Waals surface area contributed by atoms with Crippen molar-refractivity contribution in [2.24, 2.45) is 0 Å². The second-order valence-corrected chi connectivity index (χ2v) is 22.8. The van der Waals surface area contributed by atoms with Gasteiger partial charge in [-0.05, 0) is 116 Å². The van der Waals surface area contributed by atoms with Gasteiger partial charge in [-0.2, -0.15) is 0 Å². The molecule has 1 amide bonds. The number of ether oxygens (including phenoxy) is 3. The predicted molar refractivity (Wildman–Crippen MR) is 338 cm³/mol. The number of amides is 1. The van der Waals surface area contributed by atoms with Gasteiger partial charge in [0.25, 0.3) is 0 Å². The third kappa shape index (κ3) is 47.8. The molecule has 0 saturated carbocycles. The van der Waals surface area contributed by atoms with Crippen molar-refractivity contribution >= 4 is 11.9 Å². The van der Waals surface area contributed by atoms with Crippen LogP contribution >= 0.6 is 0 Å². The Morgan fingerprint density at radius 1 is 0.457 bits per heavy atom. The molecule has 1 fully saturated rings. The average Bonchev–Trinajstić information content (AvgIpc) is 3.51. The van der Waals surface area contributed by atoms with Crippen LogP contribution in [0, 0.1) is 0 Å². The average molecular weight is 1140 g/mol. The van der Waals surface area contributed by atoms with Crippen molar-refractivity contribution in [1.29, 1.82) is 0 Å². The zero-order valence-corrected chi connectivity index (χ0v) is 51.7. The number of esters is 1. The van der Waals surface area contributed by atoms with E-state index in [1.165, 1.54) is 148 Å². The summed E-state index contributed by atoms with van der Waals surface area (Å²) in [6, 6.07) is -0.842. The van der Waals surface area contributed by atoms with Crippen LogP contribution in [-0.4, -0.2) is 100 Å². The molecule has 0 aromatic heterocycles. The molecule has 0 bridgehead atoms. The van der Waals surface area contributed by atoms with Gasteiger partial charge in [-0.15, -0.1) is 0 Å². The molecule has 468 valence electrons. The Bertz CT molecular complexity index is 1620. The maximum atomic E-state index is 13.1. The third-order valence-electron chi connectivity index (χ3n) is 15.2. The van der Waals surface area contributed by atoms with Crippen molar-refractivity contribution in [3.8, 4) is 0 Å². The Balaban J connectivity index is 2.06. The molecule has 1 rings (SSSR count). The highest BCUT2D eigenvalue weighted by atomic mass is 16.7. The number of nitrogens with one attached hydrogen (secondary N) is 1. The van der Waals surface area contributed by atoms with E-state index in [2.05, 4.69) is 92.1 Å². The molecule has 1 saturated heterocycles. The third-order valence-corrected chi connectivity index (χ3v) is 15.2. The topological polar surface area (TPSA) is 175 Å². The summed E-state index contributed by atoms with van der Waals surface area (Å²) in [5, 5.41) is 54.4. The second kappa shape index (κ2) is 58.6. The monoisotopic (exact) mass is 1140 g/mol. The molecule has 11 heteroatoms. The first-order valence-electron chi connectivity index (χ1n) is 33.4. The largest absolute Gasteiger partial charge is 0.466 e. The summed E-state index contributed by atoms with van der Waals surface area (Å²) in [6.07, 6.45) is 69.7. The summed E-state index contributed by atoms with van der Waals surface area (Å²) >= 11 is 0. The lowest BCUT2D eigenvalue weighted by Crippen LogP contribution is -2.60. The molecule has 0 aliphatic carbocycles. The van der Waals surface area contributed by atoms with E-state index in [0.717, 1.165) is 109 Å². The van der Waals surface area contributed by atoms with Crippen LogP contribution in [0.15, 0.2) is 85.1 Å². The molecule has 0 aromatic carbocycles. The van der Waals surface area contributed by atoms with Gasteiger partial charge < -0.3 is 45.1 Å². The van der Waals surface area contributed by atoms with E-state index in [0.29, 0.717) is 19.4 Å². The standard InChI is InChI=1S/C70H123NO10/c1-3-5-7-9-11-13-15-17-32-36-40-44-48-52-56-63(73)62(61-80-70-69(78)68(77)67(76)64(60-72)81-70)71-65(74)57-53-49-45-41-37-33-30-28-26-24-22-20-19-21-23-25-27-29-31-35-39-43-47-51-55-59-79-66(75)58-54-50-46-42-38-34-18-16-14-12-10-8-6-4-2/h10,12-13,15-16,18,20-23,36,40,52,56,62-64,67-70,72-73,76-78H,3-9,11,14,17,19,24-35,37-39,41-51,53-55,57-61H2,1-2H3,(H,71,74)/b12-10-,15-13+,18-16-,22-20-,23-21-,40-36+,56-52+. The molecule has 1 aliphatic heterocycles. The van der Waals surface area contributed by atoms with Crippen LogP contribution in [-0.2, 0) is 23.8 Å². The number of hydrogen-bond acceptors (Lipinski definition) is 10. The minimum Gasteiger partial charge on any atom is -0.466 e. The molecular formula is C70H123NO10. The normalized spacial score (nSPS) is 18.8. The Morgan fingerprint density at radius 3 is 1.33 bits per heavy atom. The maximum absolute atomic E-state index is 13.1. The van der Waals surface area contributed by atoms with Crippen molar-refractivity contribution in [3.05, 3.63) is 85.1 Å². The second-order valence-electron chi connectivity index (χ2n) is 22.8. The number of unbranched alkanes of at least 4 members (excludes halogenated alkanes) is 31. The summed E-state index contributed by atoms with van der Waals surface area (Å²) < 4.78 is 16.7. The highest BCUT2D eigenvalue weighted by Crippen LogP contribution is 2.23. The van der Waals surface area contributed by atoms with Crippen molar-refractivity contribution in [3.63, 3.8) is 0 Å². The zero-order chi connectivity index (χ0) is 58.7. The van der Waals surface area contributed by atoms with Crippen LogP contribution in [0.4, 0.5) is 0 Å². The molecule has 0 radical (unpaired) electrons. The highest BCUT2D eigenvalue weighted by Gasteiger charge is 2.44. The Kier molecular flexibility index (Phi) is 54.9. The van der Waals surface area contributed by atoms with Crippen LogP contribution in [0.5, 0.6) is 0 Å². The van der Waals surface area contributed by atoms with Gasteiger partial charge in [0.05, 0.1) is 32.0 Å². The van der Waals surface area contributed by atoms with Crippen LogP contribution in [0.2, 0.25) is 0 Å². The van der Waals surface area contributed by atoms with E-state index in [-0.39, 0.29) is 18.5 Å². The van der Waals surface area contributed by atoms with Gasteiger partial charge >= 0.3 is 5.97 Å². The summed E-state index contributed by atoms with van der Waals surface area (Å²) in [4.78, 5) is 25.1. The maximum Gasteiger partial charge on any atom is 0.305 e. The van der Waals surface area contributed by atoms with E-state index < -0.39 is 49.5 Å². The van der Waals surface area contributed by atoms with Crippen LogP contribution in [0.25, 0.3) is 0 Å². The number of aliphatic hydroxyl groups is 5. The Hall–Kier alpha value is -3.16. The molecule has 1 heterocycles. The number of carbonyl (C=O) groups is 2. The summed E-state index contributed by atoms with van der Waals surface area (Å²) in [5.41, 5.74) is 0. The quantitative estimate of drug-likeness (QED) is 0.0195. The molecule has 0 aromatic rings. The van der Waals surface area contributed by atoms with Crippen molar-refractivity contribution in [1.82, 2.24) is 5.32 Å². The smallest absolute Gasteiger partial charge is 0.305 e. The van der Waals surface area contributed by atoms with Gasteiger partial charge in [0.15, 0.2) is 6.29 Å². The first-order valence-corrected chi connectivity index (χ1v) is 33.4. The molecule has 11 nitrogen and oxygen atoms in total. The van der Waals surface area contributed by atoms with Crippen molar-refractivity contribution in [2.45, 2.75) is 326 Å². The lowest BCUT2D eigenvalue weighted by molar-refractivity contribution is -0.302. The molecule has 7 unspecified atom stereocenters. The SMILES string of the molecule is CCCC/C=C\C/C=C\CCCCCCCC(=O)OCCCCCCCCCCC/C=C\C/C=C\CCCCCCCCCCCC(=O)NC(COC1OC(CO)C(O)C(O)C1O)C(O)/C=C/CC/C=C/CC/C=C/CCCCCC. The van der Waals surface area contributed by atoms with Crippen LogP contribution in [0.3, 0.4) is 0 Å². The Morgan fingerprint density at radius 2 is 0.852 bits per heavy atom. The summed E-state index contributed by atoms with van der Waals surface area (Å²) in [7, 11) is 0. The minimum atomic E-state index is -1.58. The molecule has 0 spiro atoms. The Labute approximate surface area is 495 Å². The summed E-state index contributed by atoms with van der Waals surface area (Å²) in [6.45, 7) is 4.25. The molecular weight excluding hydrogens is 1010 g/mol. The van der Waals surface area contributed by atoms with Crippen LogP contribution < -0.4 is 5.32 Å². The van der Waals surface area contributed by atoms with E-state index >= 15 is 0 Å². The fourth-order valence-electron chi connectivity index (χ4n) is 9.87. The van der Waals surface area contributed by atoms with Gasteiger partial charge in [0.1, 0.15) is 24.4 Å². The predicted octanol–water partition coefficient (Wildman–Crippen LogP) is 16.5. The molecule has 6 N–H and O–H groups in total. The highest BCUT2D eigenvalue weighted by molar-refractivity contribution is 5.76. The number of aliphatic hydroxyl groups excluding tert-OH is 5. The van der Waals surface area contributed by atoms with Crippen molar-refractivity contribution in [2.75, 3.05) is 19.8 Å². The molecule has 1 aliphatic rings. The summed E-state index contributed by atoms with van der Waals surface area (Å²) in [5.74, 6) is -0.222. The van der Waals surface area contributed by atoms with E-state index in [1.54, 1.807) is 6.08 Å². The zero-order valence-electron chi connectivity index (χ0n) is 51.7. The lowest BCUT2D eigenvalue weighted by atomic mass is 9.99. The van der Waals surface area contributed by atoms with Gasteiger partial charge in [0, 0.05) is 12.8 Å². The van der Waals surface area contributed by atoms with Gasteiger partial charge in [-0.1, -0.05) is 240 Å². The lowest BCUT2D eigenvalue weighted by Gasteiger charge is -2.40. The molecule has 81 heavy (non-hydrogen) atoms. The van der Waals surface area contributed by atoms with Gasteiger partial charge in [-0.25, -0.2) is 0 Å². The van der Waals surface area contributed by atoms with E-state index in [1.807, 2.05) is 6.08 Å². The first-order chi connectivity index (χ1) is 39.7. The fourth-order valence-corrected chi connectivity index (χ4v) is 9.87. The fraction of sp³-hybridized carbons (Fsp3) is 0.771. The first kappa shape index (κ1) is 75.9. The number of allylic oxidation sites excluding steroid dienone is 13. The number of rotatable bonds is 57. The van der Waals surface area contributed by atoms with Gasteiger partial charge in [-0.3, -0.25) is 9.59 Å². The number of carbonyl (C=O) groups excluding carboxylic acids is 2. The van der Waals surface area contributed by atoms with E-state index in [9.17, 15) is 35.1 Å². The number of hydrogen-bond donors (Lipinski definition) is 6. The van der Waals surface area contributed by atoms with Crippen molar-refractivity contribution < 1.29 is 49.3 Å².